The minimum atomic E-state index is 0.997. The van der Waals surface area contributed by atoms with Crippen molar-refractivity contribution in [1.82, 2.24) is 4.40 Å². The maximum Gasteiger partial charge on any atom is 0.0464 e. The van der Waals surface area contributed by atoms with Gasteiger partial charge in [-0.05, 0) is 42.0 Å². The fraction of sp³-hybridized carbons (Fsp3) is 0.125. The first kappa shape index (κ1) is 11.4. The number of hydrogen-bond donors (Lipinski definition) is 0. The Labute approximate surface area is 111 Å². The van der Waals surface area contributed by atoms with Gasteiger partial charge in [0.05, 0.1) is 0 Å². The van der Waals surface area contributed by atoms with Crippen molar-refractivity contribution in [3.05, 3.63) is 72.1 Å². The Bertz CT molecular complexity index is 655. The highest BCUT2D eigenvalue weighted by Crippen LogP contribution is 2.20. The van der Waals surface area contributed by atoms with Crippen LogP contribution in [0.25, 0.3) is 5.52 Å². The Balaban J connectivity index is 1.93. The van der Waals surface area contributed by atoms with Gasteiger partial charge >= 0.3 is 0 Å². The molecule has 18 heavy (non-hydrogen) atoms. The van der Waals surface area contributed by atoms with Gasteiger partial charge in [-0.15, -0.1) is 11.8 Å². The summed E-state index contributed by atoms with van der Waals surface area (Å²) >= 11 is 1.78. The van der Waals surface area contributed by atoms with Crippen LogP contribution in [0.15, 0.2) is 65.8 Å². The zero-order valence-corrected chi connectivity index (χ0v) is 11.2. The van der Waals surface area contributed by atoms with Crippen molar-refractivity contribution in [2.45, 2.75) is 11.3 Å². The maximum atomic E-state index is 2.27. The van der Waals surface area contributed by atoms with E-state index in [1.54, 1.807) is 11.8 Å². The average Bonchev–Trinajstić information content (AvgIpc) is 2.82. The Hall–Kier alpha value is -1.67. The summed E-state index contributed by atoms with van der Waals surface area (Å²) < 4.78 is 2.18. The van der Waals surface area contributed by atoms with E-state index in [1.165, 1.54) is 21.5 Å². The monoisotopic (exact) mass is 253 g/mol. The molecule has 0 saturated carbocycles. The van der Waals surface area contributed by atoms with Crippen LogP contribution in [-0.2, 0) is 6.42 Å². The van der Waals surface area contributed by atoms with E-state index in [9.17, 15) is 0 Å². The molecule has 0 bridgehead atoms. The van der Waals surface area contributed by atoms with Gasteiger partial charge in [0.15, 0.2) is 0 Å². The predicted octanol–water partition coefficient (Wildman–Crippen LogP) is 4.25. The number of aromatic nitrogens is 1. The first-order chi connectivity index (χ1) is 8.85. The van der Waals surface area contributed by atoms with E-state index in [4.69, 9.17) is 0 Å². The summed E-state index contributed by atoms with van der Waals surface area (Å²) in [5.74, 6) is 0. The van der Waals surface area contributed by atoms with Crippen molar-refractivity contribution < 1.29 is 0 Å². The maximum absolute atomic E-state index is 2.27. The van der Waals surface area contributed by atoms with Gasteiger partial charge in [0.2, 0.25) is 0 Å². The van der Waals surface area contributed by atoms with Crippen LogP contribution in [0.5, 0.6) is 0 Å². The Kier molecular flexibility index (Phi) is 3.11. The van der Waals surface area contributed by atoms with Gasteiger partial charge in [-0.25, -0.2) is 0 Å². The molecule has 1 nitrogen and oxygen atoms in total. The van der Waals surface area contributed by atoms with Crippen molar-refractivity contribution in [3.8, 4) is 0 Å². The van der Waals surface area contributed by atoms with Crippen molar-refractivity contribution >= 4 is 17.3 Å². The summed E-state index contributed by atoms with van der Waals surface area (Å²) in [6.07, 6.45) is 7.43. The van der Waals surface area contributed by atoms with Crippen LogP contribution < -0.4 is 0 Å². The largest absolute Gasteiger partial charge is 0.323 e. The van der Waals surface area contributed by atoms with Crippen molar-refractivity contribution in [2.24, 2.45) is 0 Å². The molecule has 0 atom stereocenters. The number of hydrogen-bond acceptors (Lipinski definition) is 1. The minimum Gasteiger partial charge on any atom is -0.323 e. The molecule has 2 aromatic heterocycles. The molecule has 0 amide bonds. The summed E-state index contributed by atoms with van der Waals surface area (Å²) in [6.45, 7) is 0. The van der Waals surface area contributed by atoms with Gasteiger partial charge < -0.3 is 4.40 Å². The molecular formula is C16H15NS. The van der Waals surface area contributed by atoms with E-state index < -0.39 is 0 Å². The van der Waals surface area contributed by atoms with Crippen molar-refractivity contribution in [1.29, 1.82) is 0 Å². The molecule has 0 radical (unpaired) electrons. The highest BCUT2D eigenvalue weighted by atomic mass is 32.2. The third kappa shape index (κ3) is 2.29. The molecule has 0 aliphatic heterocycles. The van der Waals surface area contributed by atoms with E-state index in [1.807, 2.05) is 0 Å². The minimum absolute atomic E-state index is 0.997. The molecule has 0 unspecified atom stereocenters. The van der Waals surface area contributed by atoms with E-state index in [-0.39, 0.29) is 0 Å². The summed E-state index contributed by atoms with van der Waals surface area (Å²) in [7, 11) is 0. The van der Waals surface area contributed by atoms with Crippen molar-refractivity contribution in [3.63, 3.8) is 0 Å². The topological polar surface area (TPSA) is 4.41 Å². The van der Waals surface area contributed by atoms with Crippen LogP contribution in [0.1, 0.15) is 11.1 Å². The number of rotatable bonds is 3. The third-order valence-corrected chi connectivity index (χ3v) is 3.82. The van der Waals surface area contributed by atoms with Crippen molar-refractivity contribution in [2.75, 3.05) is 6.26 Å². The summed E-state index contributed by atoms with van der Waals surface area (Å²) in [6, 6.07) is 17.3. The van der Waals surface area contributed by atoms with E-state index in [0.717, 1.165) is 6.42 Å². The molecule has 0 fully saturated rings. The van der Waals surface area contributed by atoms with Crippen LogP contribution in [-0.4, -0.2) is 10.7 Å². The quantitative estimate of drug-likeness (QED) is 0.631. The smallest absolute Gasteiger partial charge is 0.0464 e. The van der Waals surface area contributed by atoms with Crippen LogP contribution in [0.4, 0.5) is 0 Å². The SMILES string of the molecule is CSc1cc2cc(Cc3ccccc3)ccn2c1. The predicted molar refractivity (Wildman–Crippen MR) is 78.4 cm³/mol. The molecule has 90 valence electrons. The molecular weight excluding hydrogens is 238 g/mol. The molecule has 0 saturated heterocycles. The molecule has 3 aromatic rings. The molecule has 1 aromatic carbocycles. The summed E-state index contributed by atoms with van der Waals surface area (Å²) in [5.41, 5.74) is 3.99. The van der Waals surface area contributed by atoms with Gasteiger partial charge in [-0.1, -0.05) is 30.3 Å². The molecule has 0 N–H and O–H groups in total. The normalized spacial score (nSPS) is 10.9. The van der Waals surface area contributed by atoms with Gasteiger partial charge in [0.1, 0.15) is 0 Å². The second-order valence-electron chi connectivity index (χ2n) is 4.41. The average molecular weight is 253 g/mol. The molecule has 3 rings (SSSR count). The molecule has 0 spiro atoms. The zero-order chi connectivity index (χ0) is 12.4. The highest BCUT2D eigenvalue weighted by molar-refractivity contribution is 7.98. The van der Waals surface area contributed by atoms with E-state index in [0.29, 0.717) is 0 Å². The van der Waals surface area contributed by atoms with Gasteiger partial charge in [-0.3, -0.25) is 0 Å². The third-order valence-electron chi connectivity index (χ3n) is 3.12. The number of benzene rings is 1. The zero-order valence-electron chi connectivity index (χ0n) is 10.3. The second kappa shape index (κ2) is 4.91. The lowest BCUT2D eigenvalue weighted by Gasteiger charge is -2.03. The Morgan fingerprint density at radius 3 is 2.61 bits per heavy atom. The van der Waals surface area contributed by atoms with Gasteiger partial charge in [-0.2, -0.15) is 0 Å². The Morgan fingerprint density at radius 2 is 1.83 bits per heavy atom. The van der Waals surface area contributed by atoms with Crippen LogP contribution in [0, 0.1) is 0 Å². The van der Waals surface area contributed by atoms with E-state index in [2.05, 4.69) is 71.6 Å². The first-order valence-electron chi connectivity index (χ1n) is 6.04. The van der Waals surface area contributed by atoms with E-state index >= 15 is 0 Å². The van der Waals surface area contributed by atoms with Crippen LogP contribution in [0.3, 0.4) is 0 Å². The number of fused-ring (bicyclic) bond motifs is 1. The van der Waals surface area contributed by atoms with Gasteiger partial charge in [0.25, 0.3) is 0 Å². The lowest BCUT2D eigenvalue weighted by molar-refractivity contribution is 1.13. The number of thioether (sulfide) groups is 1. The lowest BCUT2D eigenvalue weighted by Crippen LogP contribution is -1.89. The molecule has 2 heteroatoms. The summed E-state index contributed by atoms with van der Waals surface area (Å²) in [5, 5.41) is 0. The molecule has 0 aliphatic rings. The summed E-state index contributed by atoms with van der Waals surface area (Å²) in [4.78, 5) is 1.31. The lowest BCUT2D eigenvalue weighted by atomic mass is 10.1. The standard InChI is InChI=1S/C16H15NS/c1-18-16-11-15-10-14(7-8-17(15)12-16)9-13-5-3-2-4-6-13/h2-8,10-12H,9H2,1H3. The molecule has 2 heterocycles. The highest BCUT2D eigenvalue weighted by Gasteiger charge is 2.01. The number of nitrogens with zero attached hydrogens (tertiary/aromatic N) is 1. The Morgan fingerprint density at radius 1 is 1.00 bits per heavy atom. The number of pyridine rings is 1. The fourth-order valence-electron chi connectivity index (χ4n) is 2.18. The van der Waals surface area contributed by atoms with Crippen LogP contribution >= 0.6 is 11.8 Å². The molecule has 0 aliphatic carbocycles. The second-order valence-corrected chi connectivity index (χ2v) is 5.29. The first-order valence-corrected chi connectivity index (χ1v) is 7.26. The van der Waals surface area contributed by atoms with Crippen LogP contribution in [0.2, 0.25) is 0 Å². The van der Waals surface area contributed by atoms with Gasteiger partial charge in [0, 0.05) is 22.8 Å². The fourth-order valence-corrected chi connectivity index (χ4v) is 2.64.